The number of hydrogen-bond donors (Lipinski definition) is 1. The van der Waals surface area contributed by atoms with Crippen LogP contribution >= 0.6 is 0 Å². The molecule has 1 amide bonds. The molecule has 0 radical (unpaired) electrons. The standard InChI is InChI=1S/C11H20F2N2O2/c1-3-8-4-9(14-5-10(12)13)7-15(6-8)11(16)17-2/h8-10,14H,3-7H2,1-2H3. The topological polar surface area (TPSA) is 41.6 Å². The summed E-state index contributed by atoms with van der Waals surface area (Å²) in [5.41, 5.74) is 0. The molecule has 0 aliphatic carbocycles. The van der Waals surface area contributed by atoms with Crippen molar-refractivity contribution in [3.63, 3.8) is 0 Å². The van der Waals surface area contributed by atoms with Crippen molar-refractivity contribution in [2.45, 2.75) is 32.2 Å². The number of amides is 1. The molecule has 2 unspecified atom stereocenters. The van der Waals surface area contributed by atoms with Gasteiger partial charge in [0.2, 0.25) is 0 Å². The summed E-state index contributed by atoms with van der Waals surface area (Å²) in [5.74, 6) is 0.345. The average molecular weight is 250 g/mol. The van der Waals surface area contributed by atoms with Crippen LogP contribution < -0.4 is 5.32 Å². The van der Waals surface area contributed by atoms with E-state index in [4.69, 9.17) is 0 Å². The first-order chi connectivity index (χ1) is 8.06. The molecule has 0 aromatic heterocycles. The molecule has 1 fully saturated rings. The molecule has 0 aromatic carbocycles. The minimum atomic E-state index is -2.36. The predicted octanol–water partition coefficient (Wildman–Crippen LogP) is 1.71. The smallest absolute Gasteiger partial charge is 0.409 e. The molecular weight excluding hydrogens is 230 g/mol. The highest BCUT2D eigenvalue weighted by Crippen LogP contribution is 2.20. The van der Waals surface area contributed by atoms with Crippen molar-refractivity contribution in [1.29, 1.82) is 0 Å². The molecule has 2 atom stereocenters. The van der Waals surface area contributed by atoms with Crippen LogP contribution in [0.25, 0.3) is 0 Å². The van der Waals surface area contributed by atoms with E-state index in [1.54, 1.807) is 4.90 Å². The summed E-state index contributed by atoms with van der Waals surface area (Å²) >= 11 is 0. The third-order valence-electron chi connectivity index (χ3n) is 3.11. The molecule has 0 bridgehead atoms. The van der Waals surface area contributed by atoms with E-state index in [-0.39, 0.29) is 18.7 Å². The molecule has 100 valence electrons. The molecule has 1 saturated heterocycles. The minimum absolute atomic E-state index is 0.0678. The Labute approximate surface area is 100 Å². The van der Waals surface area contributed by atoms with E-state index in [1.165, 1.54) is 7.11 Å². The first kappa shape index (κ1) is 14.2. The molecule has 1 rings (SSSR count). The zero-order valence-corrected chi connectivity index (χ0v) is 10.3. The van der Waals surface area contributed by atoms with E-state index in [2.05, 4.69) is 10.1 Å². The molecule has 1 aliphatic heterocycles. The molecule has 0 aromatic rings. The van der Waals surface area contributed by atoms with Crippen LogP contribution in [0.15, 0.2) is 0 Å². The van der Waals surface area contributed by atoms with Gasteiger partial charge in [0.25, 0.3) is 6.43 Å². The molecule has 0 saturated carbocycles. The van der Waals surface area contributed by atoms with Gasteiger partial charge in [-0.2, -0.15) is 0 Å². The number of carbonyl (C=O) groups excluding carboxylic acids is 1. The van der Waals surface area contributed by atoms with Crippen molar-refractivity contribution in [3.8, 4) is 0 Å². The third kappa shape index (κ3) is 4.46. The number of likely N-dealkylation sites (tertiary alicyclic amines) is 1. The van der Waals surface area contributed by atoms with Gasteiger partial charge >= 0.3 is 6.09 Å². The highest BCUT2D eigenvalue weighted by molar-refractivity contribution is 5.67. The molecule has 1 heterocycles. The van der Waals surface area contributed by atoms with Crippen LogP contribution in [-0.4, -0.2) is 50.2 Å². The summed E-state index contributed by atoms with van der Waals surface area (Å²) in [4.78, 5) is 13.0. The summed E-state index contributed by atoms with van der Waals surface area (Å²) in [6.07, 6.45) is -0.979. The van der Waals surface area contributed by atoms with Gasteiger partial charge in [-0.05, 0) is 12.3 Å². The van der Waals surface area contributed by atoms with Gasteiger partial charge in [0.15, 0.2) is 0 Å². The van der Waals surface area contributed by atoms with Gasteiger partial charge in [-0.3, -0.25) is 0 Å². The average Bonchev–Trinajstić information content (AvgIpc) is 2.34. The summed E-state index contributed by atoms with van der Waals surface area (Å²) in [6.45, 7) is 2.80. The van der Waals surface area contributed by atoms with Gasteiger partial charge in [0, 0.05) is 19.1 Å². The van der Waals surface area contributed by atoms with E-state index >= 15 is 0 Å². The lowest BCUT2D eigenvalue weighted by Gasteiger charge is -2.37. The Balaban J connectivity index is 2.51. The van der Waals surface area contributed by atoms with Gasteiger partial charge in [-0.25, -0.2) is 13.6 Å². The van der Waals surface area contributed by atoms with Crippen LogP contribution in [0, 0.1) is 5.92 Å². The quantitative estimate of drug-likeness (QED) is 0.826. The van der Waals surface area contributed by atoms with Crippen molar-refractivity contribution in [1.82, 2.24) is 10.2 Å². The Bertz CT molecular complexity index is 252. The largest absolute Gasteiger partial charge is 0.453 e. The Morgan fingerprint density at radius 3 is 2.76 bits per heavy atom. The van der Waals surface area contributed by atoms with Crippen molar-refractivity contribution in [2.24, 2.45) is 5.92 Å². The third-order valence-corrected chi connectivity index (χ3v) is 3.11. The molecule has 17 heavy (non-hydrogen) atoms. The Morgan fingerprint density at radius 2 is 2.24 bits per heavy atom. The second-order valence-corrected chi connectivity index (χ2v) is 4.38. The monoisotopic (exact) mass is 250 g/mol. The van der Waals surface area contributed by atoms with Gasteiger partial charge in [-0.15, -0.1) is 0 Å². The second kappa shape index (κ2) is 6.74. The van der Waals surface area contributed by atoms with Crippen molar-refractivity contribution in [2.75, 3.05) is 26.7 Å². The number of rotatable bonds is 4. The van der Waals surface area contributed by atoms with E-state index in [0.29, 0.717) is 19.0 Å². The van der Waals surface area contributed by atoms with E-state index in [9.17, 15) is 13.6 Å². The lowest BCUT2D eigenvalue weighted by atomic mass is 9.92. The van der Waals surface area contributed by atoms with E-state index in [1.807, 2.05) is 6.92 Å². The fourth-order valence-corrected chi connectivity index (χ4v) is 2.18. The van der Waals surface area contributed by atoms with Gasteiger partial charge in [0.1, 0.15) is 0 Å². The molecule has 1 N–H and O–H groups in total. The molecule has 0 spiro atoms. The SMILES string of the molecule is CCC1CC(NCC(F)F)CN(C(=O)OC)C1. The van der Waals surface area contributed by atoms with Crippen molar-refractivity contribution >= 4 is 6.09 Å². The summed E-state index contributed by atoms with van der Waals surface area (Å²) < 4.78 is 28.9. The predicted molar refractivity (Wildman–Crippen MR) is 60.2 cm³/mol. The second-order valence-electron chi connectivity index (χ2n) is 4.38. The number of nitrogens with zero attached hydrogens (tertiary/aromatic N) is 1. The summed E-state index contributed by atoms with van der Waals surface area (Å²) in [5, 5.41) is 2.79. The number of piperidine rings is 1. The molecule has 1 aliphatic rings. The summed E-state index contributed by atoms with van der Waals surface area (Å²) in [6, 6.07) is -0.0678. The van der Waals surface area contributed by atoms with Crippen molar-refractivity contribution in [3.05, 3.63) is 0 Å². The van der Waals surface area contributed by atoms with Crippen LogP contribution in [0.2, 0.25) is 0 Å². The lowest BCUT2D eigenvalue weighted by molar-refractivity contribution is 0.0831. The number of halogens is 2. The highest BCUT2D eigenvalue weighted by Gasteiger charge is 2.29. The Hall–Kier alpha value is -0.910. The van der Waals surface area contributed by atoms with Gasteiger partial charge < -0.3 is 15.0 Å². The lowest BCUT2D eigenvalue weighted by Crippen LogP contribution is -2.51. The van der Waals surface area contributed by atoms with Crippen LogP contribution in [0.5, 0.6) is 0 Å². The first-order valence-electron chi connectivity index (χ1n) is 5.91. The zero-order chi connectivity index (χ0) is 12.8. The molecular formula is C11H20F2N2O2. The maximum absolute atomic E-state index is 12.1. The number of carbonyl (C=O) groups is 1. The number of methoxy groups -OCH3 is 1. The first-order valence-corrected chi connectivity index (χ1v) is 5.91. The Morgan fingerprint density at radius 1 is 1.53 bits per heavy atom. The number of nitrogens with one attached hydrogen (secondary N) is 1. The summed E-state index contributed by atoms with van der Waals surface area (Å²) in [7, 11) is 1.33. The molecule has 4 nitrogen and oxygen atoms in total. The zero-order valence-electron chi connectivity index (χ0n) is 10.3. The highest BCUT2D eigenvalue weighted by atomic mass is 19.3. The van der Waals surface area contributed by atoms with Crippen LogP contribution in [-0.2, 0) is 4.74 Å². The van der Waals surface area contributed by atoms with E-state index < -0.39 is 6.43 Å². The van der Waals surface area contributed by atoms with Crippen molar-refractivity contribution < 1.29 is 18.3 Å². The fraction of sp³-hybridized carbons (Fsp3) is 0.909. The normalized spacial score (nSPS) is 25.1. The van der Waals surface area contributed by atoms with Gasteiger partial charge in [-0.1, -0.05) is 13.3 Å². The van der Waals surface area contributed by atoms with E-state index in [0.717, 1.165) is 12.8 Å². The fourth-order valence-electron chi connectivity index (χ4n) is 2.18. The number of hydrogen-bond acceptors (Lipinski definition) is 3. The van der Waals surface area contributed by atoms with Crippen LogP contribution in [0.1, 0.15) is 19.8 Å². The van der Waals surface area contributed by atoms with Crippen LogP contribution in [0.3, 0.4) is 0 Å². The maximum atomic E-state index is 12.1. The van der Waals surface area contributed by atoms with Crippen LogP contribution in [0.4, 0.5) is 13.6 Å². The van der Waals surface area contributed by atoms with Gasteiger partial charge in [0.05, 0.1) is 13.7 Å². The Kier molecular flexibility index (Phi) is 5.61. The number of alkyl halides is 2. The minimum Gasteiger partial charge on any atom is -0.453 e. The maximum Gasteiger partial charge on any atom is 0.409 e. The molecule has 6 heteroatoms. The number of ether oxygens (including phenoxy) is 1.